The van der Waals surface area contributed by atoms with Crippen LogP contribution in [0.4, 0.5) is 11.4 Å². The molecule has 0 saturated heterocycles. The number of hydrogen-bond acceptors (Lipinski definition) is 2. The molecule has 2 heteroatoms. The van der Waals surface area contributed by atoms with Gasteiger partial charge >= 0.3 is 0 Å². The summed E-state index contributed by atoms with van der Waals surface area (Å²) in [5, 5.41) is 7.53. The molecule has 0 bridgehead atoms. The Bertz CT molecular complexity index is 804. The molecule has 0 spiro atoms. The lowest BCUT2D eigenvalue weighted by Gasteiger charge is -2.15. The standard InChI is InChI=1S/C41H70N2/c1-3-5-7-9-11-13-15-17-19-21-23-29-35-42-40-33-27-25-31-38(40)37-39-32-26-28-34-41(39)43-36-30-24-22-20-18-16-14-12-10-8-6-4-2/h25-28,31-34,42-43H,3-24,29-30,35-37H2,1-2H3. The van der Waals surface area contributed by atoms with Gasteiger partial charge in [0.25, 0.3) is 0 Å². The van der Waals surface area contributed by atoms with Crippen molar-refractivity contribution in [2.24, 2.45) is 0 Å². The van der Waals surface area contributed by atoms with Gasteiger partial charge in [0.15, 0.2) is 0 Å². The summed E-state index contributed by atoms with van der Waals surface area (Å²) in [4.78, 5) is 0. The minimum absolute atomic E-state index is 0.975. The van der Waals surface area contributed by atoms with E-state index in [2.05, 4.69) is 73.0 Å². The van der Waals surface area contributed by atoms with E-state index in [9.17, 15) is 0 Å². The summed E-state index contributed by atoms with van der Waals surface area (Å²) in [6.07, 6.45) is 34.6. The van der Waals surface area contributed by atoms with Crippen LogP contribution >= 0.6 is 0 Å². The first-order valence-electron chi connectivity index (χ1n) is 19.0. The molecule has 2 N–H and O–H groups in total. The Kier molecular flexibility index (Phi) is 23.9. The number of unbranched alkanes of at least 4 members (excludes halogenated alkanes) is 22. The van der Waals surface area contributed by atoms with E-state index in [0.29, 0.717) is 0 Å². The molecule has 0 aromatic heterocycles. The minimum Gasteiger partial charge on any atom is -0.385 e. The largest absolute Gasteiger partial charge is 0.385 e. The smallest absolute Gasteiger partial charge is 0.0376 e. The Morgan fingerprint density at radius 2 is 0.628 bits per heavy atom. The van der Waals surface area contributed by atoms with Crippen molar-refractivity contribution in [2.45, 2.75) is 174 Å². The summed E-state index contributed by atoms with van der Waals surface area (Å²) in [5.41, 5.74) is 5.42. The van der Waals surface area contributed by atoms with Gasteiger partial charge in [0.05, 0.1) is 0 Å². The summed E-state index contributed by atoms with van der Waals surface area (Å²) in [7, 11) is 0. The van der Waals surface area contributed by atoms with Gasteiger partial charge in [0.1, 0.15) is 0 Å². The Balaban J connectivity index is 1.57. The Labute approximate surface area is 268 Å². The number of hydrogen-bond donors (Lipinski definition) is 2. The van der Waals surface area contributed by atoms with Gasteiger partial charge in [0.2, 0.25) is 0 Å². The molecule has 2 rings (SSSR count). The molecule has 0 amide bonds. The zero-order valence-electron chi connectivity index (χ0n) is 28.7. The van der Waals surface area contributed by atoms with Gasteiger partial charge in [0, 0.05) is 30.9 Å². The predicted octanol–water partition coefficient (Wildman–Crippen LogP) is 13.5. The van der Waals surface area contributed by atoms with Gasteiger partial charge in [-0.25, -0.2) is 0 Å². The van der Waals surface area contributed by atoms with E-state index < -0.39 is 0 Å². The number of rotatable bonds is 30. The van der Waals surface area contributed by atoms with Gasteiger partial charge in [-0.2, -0.15) is 0 Å². The van der Waals surface area contributed by atoms with Gasteiger partial charge in [-0.3, -0.25) is 0 Å². The maximum atomic E-state index is 3.76. The summed E-state index contributed by atoms with van der Waals surface area (Å²) >= 11 is 0. The number of anilines is 2. The van der Waals surface area contributed by atoms with Gasteiger partial charge in [-0.05, 0) is 36.1 Å². The second-order valence-electron chi connectivity index (χ2n) is 13.1. The van der Waals surface area contributed by atoms with Crippen molar-refractivity contribution < 1.29 is 0 Å². The highest BCUT2D eigenvalue weighted by molar-refractivity contribution is 5.58. The lowest BCUT2D eigenvalue weighted by atomic mass is 10.0. The minimum atomic E-state index is 0.975. The van der Waals surface area contributed by atoms with E-state index in [4.69, 9.17) is 0 Å². The van der Waals surface area contributed by atoms with Crippen LogP contribution in [0.2, 0.25) is 0 Å². The molecule has 0 aliphatic rings. The van der Waals surface area contributed by atoms with E-state index >= 15 is 0 Å². The summed E-state index contributed by atoms with van der Waals surface area (Å²) < 4.78 is 0. The fraction of sp³-hybridized carbons (Fsp3) is 0.707. The molecule has 244 valence electrons. The molecule has 0 fully saturated rings. The van der Waals surface area contributed by atoms with Gasteiger partial charge in [-0.15, -0.1) is 0 Å². The highest BCUT2D eigenvalue weighted by Crippen LogP contribution is 2.24. The van der Waals surface area contributed by atoms with E-state index in [1.165, 1.54) is 177 Å². The van der Waals surface area contributed by atoms with Crippen molar-refractivity contribution in [2.75, 3.05) is 23.7 Å². The Morgan fingerprint density at radius 3 is 0.953 bits per heavy atom. The average molecular weight is 591 g/mol. The third kappa shape index (κ3) is 19.8. The number of para-hydroxylation sites is 2. The normalized spacial score (nSPS) is 11.2. The van der Waals surface area contributed by atoms with Crippen LogP contribution in [0, 0.1) is 0 Å². The molecular formula is C41H70N2. The van der Waals surface area contributed by atoms with Crippen molar-refractivity contribution in [1.29, 1.82) is 0 Å². The molecular weight excluding hydrogens is 520 g/mol. The van der Waals surface area contributed by atoms with Crippen LogP contribution in [-0.2, 0) is 6.42 Å². The van der Waals surface area contributed by atoms with Crippen LogP contribution in [-0.4, -0.2) is 13.1 Å². The number of benzene rings is 2. The van der Waals surface area contributed by atoms with Crippen LogP contribution in [0.1, 0.15) is 179 Å². The van der Waals surface area contributed by atoms with Crippen LogP contribution in [0.3, 0.4) is 0 Å². The monoisotopic (exact) mass is 591 g/mol. The third-order valence-electron chi connectivity index (χ3n) is 9.11. The first kappa shape index (κ1) is 37.2. The second-order valence-corrected chi connectivity index (χ2v) is 13.1. The maximum absolute atomic E-state index is 3.76. The zero-order chi connectivity index (χ0) is 30.5. The maximum Gasteiger partial charge on any atom is 0.0376 e. The quantitative estimate of drug-likeness (QED) is 0.0884. The van der Waals surface area contributed by atoms with Crippen molar-refractivity contribution in [3.63, 3.8) is 0 Å². The topological polar surface area (TPSA) is 24.1 Å². The molecule has 2 aromatic carbocycles. The molecule has 43 heavy (non-hydrogen) atoms. The van der Waals surface area contributed by atoms with Gasteiger partial charge in [-0.1, -0.05) is 192 Å². The second kappa shape index (κ2) is 27.6. The molecule has 0 saturated carbocycles. The molecule has 2 nitrogen and oxygen atoms in total. The first-order chi connectivity index (χ1) is 21.3. The third-order valence-corrected chi connectivity index (χ3v) is 9.11. The van der Waals surface area contributed by atoms with Crippen LogP contribution in [0.15, 0.2) is 48.5 Å². The fourth-order valence-corrected chi connectivity index (χ4v) is 6.28. The molecule has 2 aromatic rings. The van der Waals surface area contributed by atoms with E-state index in [1.54, 1.807) is 0 Å². The highest BCUT2D eigenvalue weighted by Gasteiger charge is 2.07. The zero-order valence-corrected chi connectivity index (χ0v) is 28.7. The van der Waals surface area contributed by atoms with Crippen molar-refractivity contribution in [1.82, 2.24) is 0 Å². The van der Waals surface area contributed by atoms with Crippen LogP contribution < -0.4 is 10.6 Å². The van der Waals surface area contributed by atoms with E-state index in [0.717, 1.165) is 19.5 Å². The molecule has 0 aliphatic heterocycles. The highest BCUT2D eigenvalue weighted by atomic mass is 14.9. The first-order valence-corrected chi connectivity index (χ1v) is 19.0. The lowest BCUT2D eigenvalue weighted by molar-refractivity contribution is 0.546. The van der Waals surface area contributed by atoms with E-state index in [1.807, 2.05) is 0 Å². The van der Waals surface area contributed by atoms with Crippen molar-refractivity contribution in [3.05, 3.63) is 59.7 Å². The summed E-state index contributed by atoms with van der Waals surface area (Å²) in [6, 6.07) is 17.8. The molecule has 0 heterocycles. The SMILES string of the molecule is CCCCCCCCCCCCCCNc1ccccc1Cc1ccccc1NCCCCCCCCCCCCCC. The summed E-state index contributed by atoms with van der Waals surface area (Å²) in [6.45, 7) is 6.75. The van der Waals surface area contributed by atoms with Crippen LogP contribution in [0.5, 0.6) is 0 Å². The molecule has 0 atom stereocenters. The van der Waals surface area contributed by atoms with Gasteiger partial charge < -0.3 is 10.6 Å². The average Bonchev–Trinajstić information content (AvgIpc) is 3.03. The molecule has 0 radical (unpaired) electrons. The Morgan fingerprint density at radius 1 is 0.349 bits per heavy atom. The fourth-order valence-electron chi connectivity index (χ4n) is 6.28. The molecule has 0 unspecified atom stereocenters. The predicted molar refractivity (Wildman–Crippen MR) is 195 cm³/mol. The number of nitrogens with one attached hydrogen (secondary N) is 2. The lowest BCUT2D eigenvalue weighted by Crippen LogP contribution is -2.07. The van der Waals surface area contributed by atoms with E-state index in [-0.39, 0.29) is 0 Å². The Hall–Kier alpha value is -1.96. The van der Waals surface area contributed by atoms with Crippen LogP contribution in [0.25, 0.3) is 0 Å². The molecule has 0 aliphatic carbocycles. The van der Waals surface area contributed by atoms with Crippen molar-refractivity contribution >= 4 is 11.4 Å². The summed E-state index contributed by atoms with van der Waals surface area (Å²) in [5.74, 6) is 0. The van der Waals surface area contributed by atoms with Crippen molar-refractivity contribution in [3.8, 4) is 0 Å².